The van der Waals surface area contributed by atoms with Crippen molar-refractivity contribution in [1.82, 2.24) is 0 Å². The normalized spacial score (nSPS) is 8.40. The van der Waals surface area contributed by atoms with Crippen molar-refractivity contribution in [1.29, 1.82) is 5.26 Å². The largest absolute Gasteiger partial charge is 0.388 e. The molecule has 3 heteroatoms. The van der Waals surface area contributed by atoms with E-state index >= 15 is 0 Å². The number of halogens is 1. The van der Waals surface area contributed by atoms with Gasteiger partial charge in [0.25, 0.3) is 6.26 Å². The molecular formula is C7H4FNO. The molecule has 0 fully saturated rings. The van der Waals surface area contributed by atoms with Crippen molar-refractivity contribution in [2.24, 2.45) is 0 Å². The summed E-state index contributed by atoms with van der Waals surface area (Å²) in [7, 11) is 0. The standard InChI is InChI=1S/C7H4FNO/c8-6-2-1-3-7(4-6)10-5-9/h1-4H. The van der Waals surface area contributed by atoms with E-state index in [2.05, 4.69) is 4.74 Å². The lowest BCUT2D eigenvalue weighted by atomic mass is 10.3. The van der Waals surface area contributed by atoms with Crippen molar-refractivity contribution in [3.63, 3.8) is 0 Å². The van der Waals surface area contributed by atoms with Crippen LogP contribution >= 0.6 is 0 Å². The van der Waals surface area contributed by atoms with Crippen LogP contribution in [0.15, 0.2) is 24.3 Å². The van der Waals surface area contributed by atoms with E-state index in [9.17, 15) is 4.39 Å². The molecule has 0 aliphatic carbocycles. The smallest absolute Gasteiger partial charge is 0.292 e. The van der Waals surface area contributed by atoms with Gasteiger partial charge in [0.05, 0.1) is 0 Å². The van der Waals surface area contributed by atoms with Crippen LogP contribution in [0.3, 0.4) is 0 Å². The molecular weight excluding hydrogens is 133 g/mol. The van der Waals surface area contributed by atoms with Crippen molar-refractivity contribution in [3.8, 4) is 12.0 Å². The molecule has 0 amide bonds. The number of hydrogen-bond donors (Lipinski definition) is 0. The molecule has 2 nitrogen and oxygen atoms in total. The van der Waals surface area contributed by atoms with Crippen molar-refractivity contribution >= 4 is 0 Å². The van der Waals surface area contributed by atoms with Gasteiger partial charge >= 0.3 is 0 Å². The van der Waals surface area contributed by atoms with Crippen LogP contribution in [0.5, 0.6) is 5.75 Å². The molecule has 10 heavy (non-hydrogen) atoms. The second-order valence-electron chi connectivity index (χ2n) is 1.65. The van der Waals surface area contributed by atoms with E-state index in [-0.39, 0.29) is 5.75 Å². The van der Waals surface area contributed by atoms with E-state index in [1.807, 2.05) is 0 Å². The first-order valence-corrected chi connectivity index (χ1v) is 2.64. The van der Waals surface area contributed by atoms with Crippen LogP contribution in [0.2, 0.25) is 0 Å². The molecule has 1 aromatic carbocycles. The first-order chi connectivity index (χ1) is 4.83. The molecule has 0 atom stereocenters. The van der Waals surface area contributed by atoms with Crippen molar-refractivity contribution < 1.29 is 9.13 Å². The number of benzene rings is 1. The number of hydrogen-bond acceptors (Lipinski definition) is 2. The van der Waals surface area contributed by atoms with E-state index in [0.29, 0.717) is 0 Å². The van der Waals surface area contributed by atoms with E-state index in [0.717, 1.165) is 6.07 Å². The van der Waals surface area contributed by atoms with Crippen LogP contribution in [-0.4, -0.2) is 0 Å². The minimum atomic E-state index is -0.409. The lowest BCUT2D eigenvalue weighted by molar-refractivity contribution is 0.500. The summed E-state index contributed by atoms with van der Waals surface area (Å²) in [6, 6.07) is 5.40. The van der Waals surface area contributed by atoms with Gasteiger partial charge in [-0.1, -0.05) is 6.07 Å². The number of rotatable bonds is 1. The van der Waals surface area contributed by atoms with Crippen molar-refractivity contribution in [3.05, 3.63) is 30.1 Å². The third-order valence-electron chi connectivity index (χ3n) is 0.960. The molecule has 0 heterocycles. The monoisotopic (exact) mass is 137 g/mol. The molecule has 0 saturated carbocycles. The third kappa shape index (κ3) is 1.46. The highest BCUT2D eigenvalue weighted by atomic mass is 19.1. The van der Waals surface area contributed by atoms with Crippen molar-refractivity contribution in [2.45, 2.75) is 0 Å². The van der Waals surface area contributed by atoms with E-state index in [1.54, 1.807) is 0 Å². The van der Waals surface area contributed by atoms with Crippen LogP contribution in [0.1, 0.15) is 0 Å². The number of nitrogens with zero attached hydrogens (tertiary/aromatic N) is 1. The summed E-state index contributed by atoms with van der Waals surface area (Å²) in [5, 5.41) is 8.02. The van der Waals surface area contributed by atoms with Crippen LogP contribution in [-0.2, 0) is 0 Å². The average molecular weight is 137 g/mol. The van der Waals surface area contributed by atoms with Gasteiger partial charge in [-0.05, 0) is 12.1 Å². The maximum Gasteiger partial charge on any atom is 0.292 e. The first-order valence-electron chi connectivity index (χ1n) is 2.64. The Balaban J connectivity index is 2.87. The zero-order valence-corrected chi connectivity index (χ0v) is 5.04. The maximum absolute atomic E-state index is 12.3. The van der Waals surface area contributed by atoms with Gasteiger partial charge in [-0.2, -0.15) is 0 Å². The molecule has 0 aliphatic heterocycles. The van der Waals surface area contributed by atoms with Crippen LogP contribution in [0, 0.1) is 17.3 Å². The Bertz CT molecular complexity index is 267. The van der Waals surface area contributed by atoms with Crippen molar-refractivity contribution in [2.75, 3.05) is 0 Å². The highest BCUT2D eigenvalue weighted by molar-refractivity contribution is 5.23. The Hall–Kier alpha value is -1.56. The van der Waals surface area contributed by atoms with Crippen LogP contribution in [0.4, 0.5) is 4.39 Å². The summed E-state index contributed by atoms with van der Waals surface area (Å²) >= 11 is 0. The first kappa shape index (κ1) is 6.56. The van der Waals surface area contributed by atoms with Crippen LogP contribution < -0.4 is 4.74 Å². The molecule has 1 rings (SSSR count). The Morgan fingerprint density at radius 1 is 1.50 bits per heavy atom. The predicted octanol–water partition coefficient (Wildman–Crippen LogP) is 1.69. The highest BCUT2D eigenvalue weighted by Crippen LogP contribution is 2.10. The Morgan fingerprint density at radius 3 is 2.90 bits per heavy atom. The number of nitriles is 1. The molecule has 0 N–H and O–H groups in total. The summed E-state index contributed by atoms with van der Waals surface area (Å²) in [6.07, 6.45) is 1.44. The number of ether oxygens (including phenoxy) is 1. The van der Waals surface area contributed by atoms with E-state index < -0.39 is 5.82 Å². The predicted molar refractivity (Wildman–Crippen MR) is 32.6 cm³/mol. The molecule has 0 bridgehead atoms. The van der Waals surface area contributed by atoms with Gasteiger partial charge in [-0.15, -0.1) is 5.26 Å². The van der Waals surface area contributed by atoms with Gasteiger partial charge in [-0.25, -0.2) is 4.39 Å². The summed E-state index contributed by atoms with van der Waals surface area (Å²) in [6.45, 7) is 0. The second kappa shape index (κ2) is 2.83. The summed E-state index contributed by atoms with van der Waals surface area (Å²) in [5.74, 6) is -0.185. The fourth-order valence-electron chi connectivity index (χ4n) is 0.583. The van der Waals surface area contributed by atoms with E-state index in [4.69, 9.17) is 5.26 Å². The van der Waals surface area contributed by atoms with Gasteiger partial charge in [0, 0.05) is 6.07 Å². The van der Waals surface area contributed by atoms with Gasteiger partial charge in [0.2, 0.25) is 0 Å². The molecule has 0 aliphatic rings. The van der Waals surface area contributed by atoms with Gasteiger partial charge in [0.15, 0.2) is 0 Å². The molecule has 50 valence electrons. The minimum Gasteiger partial charge on any atom is -0.388 e. The minimum absolute atomic E-state index is 0.225. The summed E-state index contributed by atoms with van der Waals surface area (Å²) in [4.78, 5) is 0. The van der Waals surface area contributed by atoms with Gasteiger partial charge < -0.3 is 4.74 Å². The fourth-order valence-corrected chi connectivity index (χ4v) is 0.583. The lowest BCUT2D eigenvalue weighted by Gasteiger charge is -1.92. The van der Waals surface area contributed by atoms with Crippen LogP contribution in [0.25, 0.3) is 0 Å². The molecule has 0 saturated heterocycles. The van der Waals surface area contributed by atoms with Gasteiger partial charge in [-0.3, -0.25) is 0 Å². The average Bonchev–Trinajstić information content (AvgIpc) is 1.88. The Morgan fingerprint density at radius 2 is 2.30 bits per heavy atom. The van der Waals surface area contributed by atoms with E-state index in [1.165, 1.54) is 24.5 Å². The lowest BCUT2D eigenvalue weighted by Crippen LogP contribution is -1.81. The molecule has 1 aromatic rings. The summed E-state index contributed by atoms with van der Waals surface area (Å²) < 4.78 is 16.7. The fraction of sp³-hybridized carbons (Fsp3) is 0. The SMILES string of the molecule is N#COc1cccc(F)c1. The molecule has 0 aromatic heterocycles. The summed E-state index contributed by atoms with van der Waals surface area (Å²) in [5.41, 5.74) is 0. The molecule has 0 unspecified atom stereocenters. The molecule has 0 spiro atoms. The zero-order chi connectivity index (χ0) is 7.40. The Labute approximate surface area is 57.5 Å². The zero-order valence-electron chi connectivity index (χ0n) is 5.04. The second-order valence-corrected chi connectivity index (χ2v) is 1.65. The Kier molecular flexibility index (Phi) is 1.86. The van der Waals surface area contributed by atoms with Gasteiger partial charge in [0.1, 0.15) is 11.6 Å². The topological polar surface area (TPSA) is 33.0 Å². The molecule has 0 radical (unpaired) electrons. The third-order valence-corrected chi connectivity index (χ3v) is 0.960. The highest BCUT2D eigenvalue weighted by Gasteiger charge is 1.92. The quantitative estimate of drug-likeness (QED) is 0.551. The maximum atomic E-state index is 12.3.